The van der Waals surface area contributed by atoms with Crippen molar-refractivity contribution in [2.45, 2.75) is 54.5 Å². The number of nitrogens with two attached hydrogens (primary N) is 1. The van der Waals surface area contributed by atoms with E-state index in [9.17, 15) is 0 Å². The van der Waals surface area contributed by atoms with Crippen molar-refractivity contribution in [3.63, 3.8) is 0 Å². The van der Waals surface area contributed by atoms with Crippen LogP contribution in [0, 0.1) is 13.8 Å². The van der Waals surface area contributed by atoms with Gasteiger partial charge in [-0.3, -0.25) is 0 Å². The molecule has 0 saturated heterocycles. The molecule has 1 aromatic carbocycles. The Hall–Kier alpha value is -0.860. The van der Waals surface area contributed by atoms with Gasteiger partial charge in [0, 0.05) is 13.7 Å². The summed E-state index contributed by atoms with van der Waals surface area (Å²) in [4.78, 5) is 0. The molecule has 102 valence electrons. The largest absolute Gasteiger partial charge is 0.400 e. The highest BCUT2D eigenvalue weighted by Gasteiger charge is 1.93. The molecule has 0 radical (unpaired) electrons. The van der Waals surface area contributed by atoms with Crippen molar-refractivity contribution in [2.75, 3.05) is 7.11 Å². The van der Waals surface area contributed by atoms with E-state index < -0.39 is 0 Å². The quantitative estimate of drug-likeness (QED) is 0.785. The smallest absolute Gasteiger partial charge is 0.0319 e. The van der Waals surface area contributed by atoms with E-state index in [-0.39, 0.29) is 0 Å². The molecule has 1 rings (SSSR count). The van der Waals surface area contributed by atoms with Crippen LogP contribution in [0.15, 0.2) is 18.2 Å². The molecule has 2 heteroatoms. The Balaban J connectivity index is -0.000000239. The Morgan fingerprint density at radius 1 is 1.06 bits per heavy atom. The Morgan fingerprint density at radius 2 is 1.47 bits per heavy atom. The second-order valence-electron chi connectivity index (χ2n) is 3.34. The molecule has 0 amide bonds. The summed E-state index contributed by atoms with van der Waals surface area (Å²) in [5.74, 6) is 0. The molecule has 2 nitrogen and oxygen atoms in total. The zero-order valence-electron chi connectivity index (χ0n) is 12.7. The molecule has 0 spiro atoms. The molecule has 0 saturated carbocycles. The van der Waals surface area contributed by atoms with E-state index in [4.69, 9.17) is 10.8 Å². The van der Waals surface area contributed by atoms with Crippen molar-refractivity contribution in [3.8, 4) is 0 Å². The SMILES string of the molecule is CC.CCC.CO.Cc1ccc(CN)c(C)c1. The molecular weight excluding hydrogens is 210 g/mol. The van der Waals surface area contributed by atoms with Crippen LogP contribution in [-0.2, 0) is 6.54 Å². The summed E-state index contributed by atoms with van der Waals surface area (Å²) in [6, 6.07) is 6.34. The van der Waals surface area contributed by atoms with E-state index in [1.54, 1.807) is 0 Å². The number of aryl methyl sites for hydroxylation is 2. The number of hydrogen-bond donors (Lipinski definition) is 2. The fourth-order valence-electron chi connectivity index (χ4n) is 1.07. The fourth-order valence-corrected chi connectivity index (χ4v) is 1.07. The van der Waals surface area contributed by atoms with Gasteiger partial charge in [0.25, 0.3) is 0 Å². The van der Waals surface area contributed by atoms with E-state index >= 15 is 0 Å². The maximum absolute atomic E-state index is 7.00. The minimum Gasteiger partial charge on any atom is -0.400 e. The maximum Gasteiger partial charge on any atom is 0.0319 e. The summed E-state index contributed by atoms with van der Waals surface area (Å²) in [5.41, 5.74) is 9.34. The molecule has 0 aliphatic heterocycles. The van der Waals surface area contributed by atoms with Crippen LogP contribution in [0.2, 0.25) is 0 Å². The highest BCUT2D eigenvalue weighted by molar-refractivity contribution is 5.29. The van der Waals surface area contributed by atoms with Gasteiger partial charge in [-0.1, -0.05) is 57.9 Å². The lowest BCUT2D eigenvalue weighted by molar-refractivity contribution is 0.399. The molecule has 0 bridgehead atoms. The normalized spacial score (nSPS) is 7.59. The van der Waals surface area contributed by atoms with Gasteiger partial charge >= 0.3 is 0 Å². The van der Waals surface area contributed by atoms with E-state index in [1.807, 2.05) is 13.8 Å². The third kappa shape index (κ3) is 13.1. The monoisotopic (exact) mass is 241 g/mol. The van der Waals surface area contributed by atoms with Crippen molar-refractivity contribution in [1.29, 1.82) is 0 Å². The second kappa shape index (κ2) is 17.5. The average molecular weight is 241 g/mol. The summed E-state index contributed by atoms with van der Waals surface area (Å²) in [6.45, 7) is 13.1. The van der Waals surface area contributed by atoms with Crippen molar-refractivity contribution in [2.24, 2.45) is 5.73 Å². The van der Waals surface area contributed by atoms with Gasteiger partial charge in [-0.15, -0.1) is 0 Å². The topological polar surface area (TPSA) is 46.2 Å². The van der Waals surface area contributed by atoms with Crippen LogP contribution in [0.3, 0.4) is 0 Å². The van der Waals surface area contributed by atoms with Gasteiger partial charge in [-0.2, -0.15) is 0 Å². The number of hydrogen-bond acceptors (Lipinski definition) is 2. The Labute approximate surface area is 108 Å². The molecule has 0 fully saturated rings. The van der Waals surface area contributed by atoms with Crippen LogP contribution >= 0.6 is 0 Å². The molecule has 0 unspecified atom stereocenters. The highest BCUT2D eigenvalue weighted by atomic mass is 16.2. The van der Waals surface area contributed by atoms with Crippen LogP contribution in [0.5, 0.6) is 0 Å². The number of benzene rings is 1. The lowest BCUT2D eigenvalue weighted by Gasteiger charge is -2.02. The van der Waals surface area contributed by atoms with E-state index in [0.29, 0.717) is 6.54 Å². The lowest BCUT2D eigenvalue weighted by atomic mass is 10.1. The summed E-state index contributed by atoms with van der Waals surface area (Å²) in [7, 11) is 1.00. The maximum atomic E-state index is 7.00. The molecule has 0 aliphatic carbocycles. The van der Waals surface area contributed by atoms with Crippen LogP contribution in [0.4, 0.5) is 0 Å². The van der Waals surface area contributed by atoms with Crippen molar-refractivity contribution in [3.05, 3.63) is 34.9 Å². The Bertz CT molecular complexity index is 247. The molecule has 0 aliphatic rings. The van der Waals surface area contributed by atoms with E-state index in [1.165, 1.54) is 23.1 Å². The summed E-state index contributed by atoms with van der Waals surface area (Å²) >= 11 is 0. The summed E-state index contributed by atoms with van der Waals surface area (Å²) in [6.07, 6.45) is 1.25. The summed E-state index contributed by atoms with van der Waals surface area (Å²) < 4.78 is 0. The standard InChI is InChI=1S/C9H13N.C3H8.C2H6.CH4O/c1-7-3-4-9(6-10)8(2)5-7;1-3-2;2*1-2/h3-5H,6,10H2,1-2H3;3H2,1-2H3;1-2H3;2H,1H3. The predicted molar refractivity (Wildman–Crippen MR) is 79.3 cm³/mol. The van der Waals surface area contributed by atoms with Crippen LogP contribution in [0.1, 0.15) is 50.8 Å². The number of aliphatic hydroxyl groups excluding tert-OH is 1. The van der Waals surface area contributed by atoms with E-state index in [2.05, 4.69) is 45.9 Å². The third-order valence-corrected chi connectivity index (χ3v) is 1.72. The fraction of sp³-hybridized carbons (Fsp3) is 0.600. The molecule has 0 heterocycles. The van der Waals surface area contributed by atoms with Crippen LogP contribution < -0.4 is 5.73 Å². The van der Waals surface area contributed by atoms with Gasteiger partial charge in [-0.25, -0.2) is 0 Å². The third-order valence-electron chi connectivity index (χ3n) is 1.72. The molecule has 0 atom stereocenters. The van der Waals surface area contributed by atoms with Crippen molar-refractivity contribution in [1.82, 2.24) is 0 Å². The van der Waals surface area contributed by atoms with Gasteiger partial charge in [0.05, 0.1) is 0 Å². The predicted octanol–water partition coefficient (Wildman–Crippen LogP) is 3.81. The number of rotatable bonds is 1. The highest BCUT2D eigenvalue weighted by Crippen LogP contribution is 2.08. The molecule has 3 N–H and O–H groups in total. The summed E-state index contributed by atoms with van der Waals surface area (Å²) in [5, 5.41) is 7.00. The molecule has 17 heavy (non-hydrogen) atoms. The molecular formula is C15H31NO. The minimum atomic E-state index is 0.645. The average Bonchev–Trinajstić information content (AvgIpc) is 2.35. The van der Waals surface area contributed by atoms with Gasteiger partial charge in [-0.05, 0) is 25.0 Å². The van der Waals surface area contributed by atoms with E-state index in [0.717, 1.165) is 7.11 Å². The Morgan fingerprint density at radius 3 is 1.76 bits per heavy atom. The van der Waals surface area contributed by atoms with Gasteiger partial charge < -0.3 is 10.8 Å². The second-order valence-corrected chi connectivity index (χ2v) is 3.34. The van der Waals surface area contributed by atoms with Crippen LogP contribution in [-0.4, -0.2) is 12.2 Å². The van der Waals surface area contributed by atoms with Crippen LogP contribution in [0.25, 0.3) is 0 Å². The number of aliphatic hydroxyl groups is 1. The Kier molecular flexibility index (Phi) is 22.1. The lowest BCUT2D eigenvalue weighted by Crippen LogP contribution is -1.98. The van der Waals surface area contributed by atoms with Gasteiger partial charge in [0.2, 0.25) is 0 Å². The zero-order valence-corrected chi connectivity index (χ0v) is 12.7. The first kappa shape index (κ1) is 21.4. The van der Waals surface area contributed by atoms with Gasteiger partial charge in [0.15, 0.2) is 0 Å². The van der Waals surface area contributed by atoms with Crippen molar-refractivity contribution >= 4 is 0 Å². The first-order valence-electron chi connectivity index (χ1n) is 6.36. The molecule has 1 aromatic rings. The first-order chi connectivity index (χ1) is 8.15. The van der Waals surface area contributed by atoms with Crippen molar-refractivity contribution < 1.29 is 5.11 Å². The minimum absolute atomic E-state index is 0.645. The molecule has 0 aromatic heterocycles. The zero-order chi connectivity index (χ0) is 14.3. The first-order valence-corrected chi connectivity index (χ1v) is 6.36. The van der Waals surface area contributed by atoms with Gasteiger partial charge in [0.1, 0.15) is 0 Å².